The molecule has 5 nitrogen and oxygen atoms in total. The third-order valence-corrected chi connectivity index (χ3v) is 2.11. The number of carbonyl (C=O) groups excluding carboxylic acids is 2. The van der Waals surface area contributed by atoms with Crippen LogP contribution in [0.5, 0.6) is 0 Å². The van der Waals surface area contributed by atoms with Gasteiger partial charge in [0.15, 0.2) is 0 Å². The third-order valence-electron chi connectivity index (χ3n) is 2.11. The summed E-state index contributed by atoms with van der Waals surface area (Å²) in [5, 5.41) is 10.6. The molecule has 7 heteroatoms. The van der Waals surface area contributed by atoms with Crippen molar-refractivity contribution in [3.05, 3.63) is 41.0 Å². The number of ether oxygens (including phenoxy) is 1. The summed E-state index contributed by atoms with van der Waals surface area (Å²) in [6.45, 7) is 1.58. The molecule has 0 aliphatic heterocycles. The van der Waals surface area contributed by atoms with Crippen molar-refractivity contribution in [3.8, 4) is 6.07 Å². The van der Waals surface area contributed by atoms with E-state index in [2.05, 4.69) is 4.74 Å². The first-order chi connectivity index (χ1) is 9.47. The lowest BCUT2D eigenvalue weighted by molar-refractivity contribution is -0.116. The summed E-state index contributed by atoms with van der Waals surface area (Å²) in [5.74, 6) is -2.58. The number of imide groups is 1. The van der Waals surface area contributed by atoms with Gasteiger partial charge in [0.1, 0.15) is 23.3 Å². The van der Waals surface area contributed by atoms with Crippen LogP contribution in [0.25, 0.3) is 6.08 Å². The second-order valence-electron chi connectivity index (χ2n) is 3.51. The molecule has 1 rings (SSSR count). The Morgan fingerprint density at radius 1 is 1.45 bits per heavy atom. The SMILES string of the molecule is CCOC(=O)NC(=O)/C(C#N)=C/c1cc(F)ccc1F. The third kappa shape index (κ3) is 4.17. The van der Waals surface area contributed by atoms with E-state index in [-0.39, 0.29) is 12.2 Å². The minimum absolute atomic E-state index is 0.0449. The van der Waals surface area contributed by atoms with Gasteiger partial charge in [-0.3, -0.25) is 10.1 Å². The predicted octanol–water partition coefficient (Wildman–Crippen LogP) is 2.14. The van der Waals surface area contributed by atoms with Gasteiger partial charge >= 0.3 is 6.09 Å². The topological polar surface area (TPSA) is 79.2 Å². The van der Waals surface area contributed by atoms with Crippen molar-refractivity contribution in [2.45, 2.75) is 6.92 Å². The Bertz CT molecular complexity index is 606. The van der Waals surface area contributed by atoms with Crippen molar-refractivity contribution in [2.75, 3.05) is 6.61 Å². The van der Waals surface area contributed by atoms with Crippen molar-refractivity contribution in [2.24, 2.45) is 0 Å². The lowest BCUT2D eigenvalue weighted by Gasteiger charge is -2.03. The zero-order valence-electron chi connectivity index (χ0n) is 10.4. The highest BCUT2D eigenvalue weighted by Gasteiger charge is 2.14. The lowest BCUT2D eigenvalue weighted by atomic mass is 10.1. The molecule has 1 aromatic rings. The zero-order chi connectivity index (χ0) is 15.1. The maximum absolute atomic E-state index is 13.4. The summed E-state index contributed by atoms with van der Waals surface area (Å²) >= 11 is 0. The van der Waals surface area contributed by atoms with E-state index in [1.807, 2.05) is 0 Å². The van der Waals surface area contributed by atoms with E-state index in [0.717, 1.165) is 24.3 Å². The Kier molecular flexibility index (Phi) is 5.35. The molecule has 0 unspecified atom stereocenters. The minimum Gasteiger partial charge on any atom is -0.450 e. The highest BCUT2D eigenvalue weighted by atomic mass is 19.1. The second-order valence-corrected chi connectivity index (χ2v) is 3.51. The number of rotatable bonds is 3. The van der Waals surface area contributed by atoms with E-state index < -0.39 is 29.2 Å². The fraction of sp³-hybridized carbons (Fsp3) is 0.154. The van der Waals surface area contributed by atoms with Gasteiger partial charge in [0, 0.05) is 5.56 Å². The highest BCUT2D eigenvalue weighted by molar-refractivity contribution is 6.07. The maximum Gasteiger partial charge on any atom is 0.414 e. The smallest absolute Gasteiger partial charge is 0.414 e. The minimum atomic E-state index is -1.06. The van der Waals surface area contributed by atoms with Gasteiger partial charge in [-0.05, 0) is 31.2 Å². The Hall–Kier alpha value is -2.75. The van der Waals surface area contributed by atoms with Crippen molar-refractivity contribution in [1.82, 2.24) is 5.32 Å². The first-order valence-electron chi connectivity index (χ1n) is 5.53. The number of benzene rings is 1. The molecule has 2 amide bonds. The maximum atomic E-state index is 13.4. The van der Waals surface area contributed by atoms with E-state index in [1.165, 1.54) is 13.0 Å². The first-order valence-corrected chi connectivity index (χ1v) is 5.53. The van der Waals surface area contributed by atoms with E-state index in [9.17, 15) is 18.4 Å². The molecule has 0 atom stereocenters. The average Bonchev–Trinajstić information content (AvgIpc) is 2.39. The zero-order valence-corrected chi connectivity index (χ0v) is 10.4. The number of hydrogen-bond acceptors (Lipinski definition) is 4. The van der Waals surface area contributed by atoms with Gasteiger partial charge in [-0.2, -0.15) is 5.26 Å². The molecule has 0 fully saturated rings. The van der Waals surface area contributed by atoms with Gasteiger partial charge < -0.3 is 4.74 Å². The molecule has 0 bridgehead atoms. The summed E-state index contributed by atoms with van der Waals surface area (Å²) in [7, 11) is 0. The number of nitriles is 1. The normalized spacial score (nSPS) is 10.6. The van der Waals surface area contributed by atoms with Crippen LogP contribution >= 0.6 is 0 Å². The van der Waals surface area contributed by atoms with Crippen LogP contribution in [-0.2, 0) is 9.53 Å². The van der Waals surface area contributed by atoms with Crippen LogP contribution < -0.4 is 5.32 Å². The Balaban J connectivity index is 2.98. The number of amides is 2. The monoisotopic (exact) mass is 280 g/mol. The van der Waals surface area contributed by atoms with Gasteiger partial charge in [-0.1, -0.05) is 0 Å². The quantitative estimate of drug-likeness (QED) is 0.679. The number of nitrogens with zero attached hydrogens (tertiary/aromatic N) is 1. The van der Waals surface area contributed by atoms with Crippen molar-refractivity contribution in [3.63, 3.8) is 0 Å². The molecule has 0 aliphatic rings. The van der Waals surface area contributed by atoms with Gasteiger partial charge in [0.2, 0.25) is 0 Å². The van der Waals surface area contributed by atoms with E-state index >= 15 is 0 Å². The predicted molar refractivity (Wildman–Crippen MR) is 65.1 cm³/mol. The molecule has 1 aromatic carbocycles. The van der Waals surface area contributed by atoms with Gasteiger partial charge in [0.25, 0.3) is 5.91 Å². The van der Waals surface area contributed by atoms with E-state index in [4.69, 9.17) is 5.26 Å². The van der Waals surface area contributed by atoms with Gasteiger partial charge in [-0.25, -0.2) is 13.6 Å². The molecule has 0 saturated carbocycles. The molecule has 0 radical (unpaired) electrons. The molecule has 0 aromatic heterocycles. The lowest BCUT2D eigenvalue weighted by Crippen LogP contribution is -2.31. The molecule has 20 heavy (non-hydrogen) atoms. The standard InChI is InChI=1S/C13H10F2N2O3/c1-2-20-13(19)17-12(18)9(7-16)5-8-6-10(14)3-4-11(8)15/h3-6H,2H2,1H3,(H,17,18,19)/b9-5+. The van der Waals surface area contributed by atoms with Crippen LogP contribution in [0, 0.1) is 23.0 Å². The van der Waals surface area contributed by atoms with Crippen LogP contribution in [-0.4, -0.2) is 18.6 Å². The molecule has 0 heterocycles. The Labute approximate surface area is 113 Å². The van der Waals surface area contributed by atoms with E-state index in [1.54, 1.807) is 5.32 Å². The summed E-state index contributed by atoms with van der Waals surface area (Å²) in [5.41, 5.74) is -0.830. The summed E-state index contributed by atoms with van der Waals surface area (Å²) in [6.07, 6.45) is -0.189. The number of halogens is 2. The number of alkyl carbamates (subject to hydrolysis) is 1. The van der Waals surface area contributed by atoms with Gasteiger partial charge in [0.05, 0.1) is 6.61 Å². The number of hydrogen-bond donors (Lipinski definition) is 1. The van der Waals surface area contributed by atoms with Crippen LogP contribution in [0.2, 0.25) is 0 Å². The van der Waals surface area contributed by atoms with Crippen LogP contribution in [0.1, 0.15) is 12.5 Å². The molecular formula is C13H10F2N2O3. The summed E-state index contributed by atoms with van der Waals surface area (Å²) in [4.78, 5) is 22.6. The van der Waals surface area contributed by atoms with Crippen molar-refractivity contribution in [1.29, 1.82) is 5.26 Å². The fourth-order valence-corrected chi connectivity index (χ4v) is 1.26. The molecular weight excluding hydrogens is 270 g/mol. The number of carbonyl (C=O) groups is 2. The van der Waals surface area contributed by atoms with Gasteiger partial charge in [-0.15, -0.1) is 0 Å². The van der Waals surface area contributed by atoms with Crippen LogP contribution in [0.15, 0.2) is 23.8 Å². The fourth-order valence-electron chi connectivity index (χ4n) is 1.26. The Morgan fingerprint density at radius 2 is 2.15 bits per heavy atom. The highest BCUT2D eigenvalue weighted by Crippen LogP contribution is 2.13. The summed E-state index contributed by atoms with van der Waals surface area (Å²) < 4.78 is 30.8. The Morgan fingerprint density at radius 3 is 2.75 bits per heavy atom. The van der Waals surface area contributed by atoms with Crippen molar-refractivity contribution >= 4 is 18.1 Å². The molecule has 1 N–H and O–H groups in total. The van der Waals surface area contributed by atoms with Crippen LogP contribution in [0.3, 0.4) is 0 Å². The summed E-state index contributed by atoms with van der Waals surface area (Å²) in [6, 6.07) is 4.08. The molecule has 104 valence electrons. The number of nitrogens with one attached hydrogen (secondary N) is 1. The molecule has 0 spiro atoms. The largest absolute Gasteiger partial charge is 0.450 e. The second kappa shape index (κ2) is 6.99. The first kappa shape index (κ1) is 15.3. The van der Waals surface area contributed by atoms with Crippen molar-refractivity contribution < 1.29 is 23.1 Å². The molecule has 0 saturated heterocycles. The molecule has 0 aliphatic carbocycles. The van der Waals surface area contributed by atoms with Crippen LogP contribution in [0.4, 0.5) is 13.6 Å². The van der Waals surface area contributed by atoms with E-state index in [0.29, 0.717) is 0 Å². The average molecular weight is 280 g/mol.